The molecule has 4 heteroatoms. The first-order valence-corrected chi connectivity index (χ1v) is 8.20. The van der Waals surface area contributed by atoms with Gasteiger partial charge in [-0.1, -0.05) is 39.3 Å². The molecule has 0 saturated heterocycles. The molecule has 1 N–H and O–H groups in total. The molecule has 1 atom stereocenters. The van der Waals surface area contributed by atoms with Gasteiger partial charge in [0.25, 0.3) is 0 Å². The predicted molar refractivity (Wildman–Crippen MR) is 87.2 cm³/mol. The molecule has 0 aliphatic rings. The number of nitrogens with one attached hydrogen (secondary N) is 1. The maximum absolute atomic E-state index is 5.98. The molecule has 0 aliphatic carbocycles. The highest BCUT2D eigenvalue weighted by molar-refractivity contribution is 7.16. The number of thiophene rings is 1. The van der Waals surface area contributed by atoms with Gasteiger partial charge in [0, 0.05) is 30.6 Å². The van der Waals surface area contributed by atoms with Crippen molar-refractivity contribution in [2.24, 2.45) is 5.41 Å². The van der Waals surface area contributed by atoms with E-state index in [1.165, 1.54) is 11.3 Å². The molecule has 1 heterocycles. The third-order valence-electron chi connectivity index (χ3n) is 3.50. The molecular formula is C15H27ClN2S. The van der Waals surface area contributed by atoms with Crippen molar-refractivity contribution in [3.63, 3.8) is 0 Å². The maximum atomic E-state index is 5.98. The van der Waals surface area contributed by atoms with Gasteiger partial charge in [-0.15, -0.1) is 11.3 Å². The minimum Gasteiger partial charge on any atom is -0.314 e. The normalized spacial score (nSPS) is 15.2. The summed E-state index contributed by atoms with van der Waals surface area (Å²) in [4.78, 5) is 3.73. The Balaban J connectivity index is 2.49. The first kappa shape index (κ1) is 17.0. The van der Waals surface area contributed by atoms with Gasteiger partial charge in [-0.2, -0.15) is 0 Å². The van der Waals surface area contributed by atoms with Crippen molar-refractivity contribution >= 4 is 22.9 Å². The van der Waals surface area contributed by atoms with E-state index in [9.17, 15) is 0 Å². The van der Waals surface area contributed by atoms with Crippen LogP contribution in [-0.4, -0.2) is 31.1 Å². The van der Waals surface area contributed by atoms with Gasteiger partial charge in [-0.25, -0.2) is 0 Å². The van der Waals surface area contributed by atoms with Crippen LogP contribution in [0.5, 0.6) is 0 Å². The van der Waals surface area contributed by atoms with E-state index < -0.39 is 0 Å². The number of halogens is 1. The fraction of sp³-hybridized carbons (Fsp3) is 0.733. The highest BCUT2D eigenvalue weighted by Gasteiger charge is 2.24. The summed E-state index contributed by atoms with van der Waals surface area (Å²) in [6, 6.07) is 4.65. The van der Waals surface area contributed by atoms with Gasteiger partial charge in [-0.05, 0) is 31.0 Å². The molecule has 1 aromatic heterocycles. The van der Waals surface area contributed by atoms with Crippen LogP contribution in [0, 0.1) is 5.41 Å². The van der Waals surface area contributed by atoms with Crippen molar-refractivity contribution in [1.82, 2.24) is 10.2 Å². The number of hydrogen-bond acceptors (Lipinski definition) is 3. The fourth-order valence-corrected chi connectivity index (χ4v) is 3.32. The van der Waals surface area contributed by atoms with E-state index in [1.807, 2.05) is 6.07 Å². The Bertz CT molecular complexity index is 378. The molecule has 0 fully saturated rings. The van der Waals surface area contributed by atoms with Crippen LogP contribution in [-0.2, 0) is 6.54 Å². The zero-order valence-electron chi connectivity index (χ0n) is 12.8. The Morgan fingerprint density at radius 2 is 2.11 bits per heavy atom. The SMILES string of the molecule is CCC(C)(CNC(C)C)CN(C)Cc1ccc(Cl)s1. The molecular weight excluding hydrogens is 276 g/mol. The van der Waals surface area contributed by atoms with Gasteiger partial charge in [-0.3, -0.25) is 0 Å². The maximum Gasteiger partial charge on any atom is 0.0931 e. The molecule has 0 bridgehead atoms. The molecule has 2 nitrogen and oxygen atoms in total. The first-order valence-electron chi connectivity index (χ1n) is 7.01. The smallest absolute Gasteiger partial charge is 0.0931 e. The molecule has 1 aromatic rings. The Labute approximate surface area is 127 Å². The second-order valence-corrected chi connectivity index (χ2v) is 7.88. The highest BCUT2D eigenvalue weighted by Crippen LogP contribution is 2.25. The lowest BCUT2D eigenvalue weighted by molar-refractivity contribution is 0.173. The van der Waals surface area contributed by atoms with Crippen molar-refractivity contribution in [2.75, 3.05) is 20.1 Å². The minimum atomic E-state index is 0.320. The van der Waals surface area contributed by atoms with Gasteiger partial charge in [0.15, 0.2) is 0 Å². The molecule has 1 rings (SSSR count). The van der Waals surface area contributed by atoms with E-state index in [0.717, 1.165) is 24.0 Å². The van der Waals surface area contributed by atoms with E-state index in [-0.39, 0.29) is 0 Å². The van der Waals surface area contributed by atoms with Gasteiger partial charge in [0.05, 0.1) is 4.34 Å². The lowest BCUT2D eigenvalue weighted by Crippen LogP contribution is -2.42. The standard InChI is InChI=1S/C15H27ClN2S/c1-6-15(4,10-17-12(2)3)11-18(5)9-13-7-8-14(16)19-13/h7-8,12,17H,6,9-11H2,1-5H3. The molecule has 110 valence electrons. The third-order valence-corrected chi connectivity index (χ3v) is 4.71. The molecule has 0 amide bonds. The van der Waals surface area contributed by atoms with E-state index in [2.05, 4.69) is 51.0 Å². The second kappa shape index (κ2) is 7.63. The predicted octanol–water partition coefficient (Wildman–Crippen LogP) is 4.25. The van der Waals surface area contributed by atoms with Crippen LogP contribution in [0.15, 0.2) is 12.1 Å². The number of nitrogens with zero attached hydrogens (tertiary/aromatic N) is 1. The largest absolute Gasteiger partial charge is 0.314 e. The van der Waals surface area contributed by atoms with E-state index in [1.54, 1.807) is 11.3 Å². The lowest BCUT2D eigenvalue weighted by atomic mass is 9.86. The summed E-state index contributed by atoms with van der Waals surface area (Å²) in [6.07, 6.45) is 1.18. The van der Waals surface area contributed by atoms with Gasteiger partial charge >= 0.3 is 0 Å². The first-order chi connectivity index (χ1) is 8.84. The van der Waals surface area contributed by atoms with E-state index >= 15 is 0 Å². The molecule has 19 heavy (non-hydrogen) atoms. The summed E-state index contributed by atoms with van der Waals surface area (Å²) in [7, 11) is 2.19. The zero-order chi connectivity index (χ0) is 14.5. The van der Waals surface area contributed by atoms with E-state index in [4.69, 9.17) is 11.6 Å². The topological polar surface area (TPSA) is 15.3 Å². The van der Waals surface area contributed by atoms with Crippen LogP contribution in [0.4, 0.5) is 0 Å². The van der Waals surface area contributed by atoms with Crippen LogP contribution in [0.25, 0.3) is 0 Å². The van der Waals surface area contributed by atoms with Crippen molar-refractivity contribution < 1.29 is 0 Å². The van der Waals surface area contributed by atoms with Gasteiger partial charge in [0.2, 0.25) is 0 Å². The van der Waals surface area contributed by atoms with Crippen LogP contribution in [0.2, 0.25) is 4.34 Å². The summed E-state index contributed by atoms with van der Waals surface area (Å²) in [5.41, 5.74) is 0.320. The van der Waals surface area contributed by atoms with Gasteiger partial charge < -0.3 is 10.2 Å². The molecule has 0 radical (unpaired) electrons. The van der Waals surface area contributed by atoms with Crippen molar-refractivity contribution in [3.05, 3.63) is 21.3 Å². The highest BCUT2D eigenvalue weighted by atomic mass is 35.5. The zero-order valence-corrected chi connectivity index (χ0v) is 14.4. The van der Waals surface area contributed by atoms with Crippen LogP contribution in [0.3, 0.4) is 0 Å². The number of hydrogen-bond donors (Lipinski definition) is 1. The average molecular weight is 303 g/mol. The van der Waals surface area contributed by atoms with Crippen LogP contribution < -0.4 is 5.32 Å². The molecule has 0 saturated carbocycles. The summed E-state index contributed by atoms with van der Waals surface area (Å²) < 4.78 is 0.878. The van der Waals surface area contributed by atoms with Crippen LogP contribution >= 0.6 is 22.9 Å². The fourth-order valence-electron chi connectivity index (χ4n) is 2.15. The van der Waals surface area contributed by atoms with Crippen LogP contribution in [0.1, 0.15) is 39.0 Å². The quantitative estimate of drug-likeness (QED) is 0.772. The summed E-state index contributed by atoms with van der Waals surface area (Å²) >= 11 is 7.65. The lowest BCUT2D eigenvalue weighted by Gasteiger charge is -2.34. The van der Waals surface area contributed by atoms with Gasteiger partial charge in [0.1, 0.15) is 0 Å². The molecule has 0 aliphatic heterocycles. The summed E-state index contributed by atoms with van der Waals surface area (Å²) in [5, 5.41) is 3.57. The van der Waals surface area contributed by atoms with Crippen molar-refractivity contribution in [3.8, 4) is 0 Å². The Kier molecular flexibility index (Phi) is 6.81. The number of rotatable bonds is 8. The van der Waals surface area contributed by atoms with Crippen molar-refractivity contribution in [2.45, 2.75) is 46.7 Å². The van der Waals surface area contributed by atoms with Crippen molar-refractivity contribution in [1.29, 1.82) is 0 Å². The second-order valence-electron chi connectivity index (χ2n) is 6.08. The third kappa shape index (κ3) is 6.26. The molecule has 1 unspecified atom stereocenters. The summed E-state index contributed by atoms with van der Waals surface area (Å²) in [6.45, 7) is 12.2. The minimum absolute atomic E-state index is 0.320. The Morgan fingerprint density at radius 3 is 2.58 bits per heavy atom. The molecule has 0 aromatic carbocycles. The monoisotopic (exact) mass is 302 g/mol. The summed E-state index contributed by atoms with van der Waals surface area (Å²) in [5.74, 6) is 0. The molecule has 0 spiro atoms. The Hall–Kier alpha value is -0.0900. The Morgan fingerprint density at radius 1 is 1.42 bits per heavy atom. The van der Waals surface area contributed by atoms with E-state index in [0.29, 0.717) is 11.5 Å². The average Bonchev–Trinajstić information content (AvgIpc) is 2.72.